The van der Waals surface area contributed by atoms with Crippen LogP contribution in [0, 0.1) is 0 Å². The first-order chi connectivity index (χ1) is 12.3. The fourth-order valence-corrected chi connectivity index (χ4v) is 4.75. The summed E-state index contributed by atoms with van der Waals surface area (Å²) in [6.07, 6.45) is 2.87. The van der Waals surface area contributed by atoms with Crippen molar-refractivity contribution in [1.82, 2.24) is 0 Å². The van der Waals surface area contributed by atoms with E-state index < -0.39 is 16.1 Å². The van der Waals surface area contributed by atoms with Crippen LogP contribution in [0.1, 0.15) is 18.9 Å². The average Bonchev–Trinajstić information content (AvgIpc) is 2.59. The third-order valence-electron chi connectivity index (χ3n) is 4.51. The molecule has 1 atom stereocenters. The molecule has 0 aliphatic carbocycles. The lowest BCUT2D eigenvalue weighted by Gasteiger charge is -2.35. The molecular formula is C19H21ClN2O3S. The number of anilines is 2. The Balaban J connectivity index is 1.98. The van der Waals surface area contributed by atoms with Gasteiger partial charge in [-0.15, -0.1) is 0 Å². The van der Waals surface area contributed by atoms with Crippen molar-refractivity contribution in [1.29, 1.82) is 0 Å². The van der Waals surface area contributed by atoms with Gasteiger partial charge in [-0.05, 0) is 49.6 Å². The lowest BCUT2D eigenvalue weighted by molar-refractivity contribution is -0.119. The molecule has 0 N–H and O–H groups in total. The molecule has 3 rings (SSSR count). The van der Waals surface area contributed by atoms with Crippen LogP contribution < -0.4 is 9.21 Å². The number of para-hydroxylation sites is 1. The van der Waals surface area contributed by atoms with Crippen LogP contribution in [-0.2, 0) is 21.2 Å². The number of halogens is 1. The standard InChI is InChI=1S/C19H21ClN2O3S/c1-14(22(26(2,24)25)17-10-5-9-16(20)13-17)19(23)21-12-6-8-15-7-3-4-11-18(15)21/h3-5,7,9-11,13-14H,6,8,12H2,1-2H3. The number of hydrogen-bond donors (Lipinski definition) is 0. The Kier molecular flexibility index (Phi) is 5.25. The van der Waals surface area contributed by atoms with Crippen molar-refractivity contribution in [2.75, 3.05) is 22.0 Å². The number of nitrogens with zero attached hydrogens (tertiary/aromatic N) is 2. The molecule has 5 nitrogen and oxygen atoms in total. The number of sulfonamides is 1. The maximum Gasteiger partial charge on any atom is 0.250 e. The summed E-state index contributed by atoms with van der Waals surface area (Å²) >= 11 is 6.02. The van der Waals surface area contributed by atoms with Gasteiger partial charge in [-0.2, -0.15) is 0 Å². The van der Waals surface area contributed by atoms with Crippen LogP contribution in [0.4, 0.5) is 11.4 Å². The van der Waals surface area contributed by atoms with E-state index in [1.165, 1.54) is 0 Å². The van der Waals surface area contributed by atoms with Crippen LogP contribution in [0.5, 0.6) is 0 Å². The normalized spacial score (nSPS) is 15.3. The summed E-state index contributed by atoms with van der Waals surface area (Å²) in [7, 11) is -3.67. The van der Waals surface area contributed by atoms with Crippen molar-refractivity contribution in [3.05, 3.63) is 59.1 Å². The zero-order valence-corrected chi connectivity index (χ0v) is 16.3. The molecule has 1 aliphatic heterocycles. The summed E-state index contributed by atoms with van der Waals surface area (Å²) in [6.45, 7) is 2.19. The lowest BCUT2D eigenvalue weighted by atomic mass is 10.0. The third-order valence-corrected chi connectivity index (χ3v) is 5.98. The van der Waals surface area contributed by atoms with Gasteiger partial charge in [0.2, 0.25) is 10.0 Å². The van der Waals surface area contributed by atoms with E-state index in [2.05, 4.69) is 0 Å². The van der Waals surface area contributed by atoms with E-state index in [1.807, 2.05) is 24.3 Å². The number of hydrogen-bond acceptors (Lipinski definition) is 3. The second-order valence-corrected chi connectivity index (χ2v) is 8.73. The highest BCUT2D eigenvalue weighted by Gasteiger charge is 2.34. The molecule has 1 aliphatic rings. The summed E-state index contributed by atoms with van der Waals surface area (Å²) in [5.41, 5.74) is 2.34. The van der Waals surface area contributed by atoms with Gasteiger partial charge < -0.3 is 4.90 Å². The Bertz CT molecular complexity index is 930. The number of aryl methyl sites for hydroxylation is 1. The molecule has 0 bridgehead atoms. The van der Waals surface area contributed by atoms with Crippen LogP contribution >= 0.6 is 11.6 Å². The highest BCUT2D eigenvalue weighted by Crippen LogP contribution is 2.30. The van der Waals surface area contributed by atoms with Gasteiger partial charge in [0.1, 0.15) is 6.04 Å². The minimum atomic E-state index is -3.67. The van der Waals surface area contributed by atoms with Gasteiger partial charge in [0.15, 0.2) is 0 Å². The summed E-state index contributed by atoms with van der Waals surface area (Å²) in [6, 6.07) is 13.4. The Hall–Kier alpha value is -2.05. The summed E-state index contributed by atoms with van der Waals surface area (Å²) in [5.74, 6) is -0.248. The second-order valence-electron chi connectivity index (χ2n) is 6.44. The number of benzene rings is 2. The molecule has 1 unspecified atom stereocenters. The predicted octanol–water partition coefficient (Wildman–Crippen LogP) is 3.47. The van der Waals surface area contributed by atoms with Crippen molar-refractivity contribution in [3.63, 3.8) is 0 Å². The number of fused-ring (bicyclic) bond motifs is 1. The molecule has 2 aromatic rings. The van der Waals surface area contributed by atoms with Crippen molar-refractivity contribution in [3.8, 4) is 0 Å². The molecule has 138 valence electrons. The SMILES string of the molecule is CC(C(=O)N1CCCc2ccccc21)N(c1cccc(Cl)c1)S(C)(=O)=O. The fraction of sp³-hybridized carbons (Fsp3) is 0.316. The molecule has 0 saturated carbocycles. The highest BCUT2D eigenvalue weighted by molar-refractivity contribution is 7.92. The third kappa shape index (κ3) is 3.71. The van der Waals surface area contributed by atoms with Crippen molar-refractivity contribution >= 4 is 38.9 Å². The minimum absolute atomic E-state index is 0.248. The van der Waals surface area contributed by atoms with E-state index in [0.717, 1.165) is 34.7 Å². The molecule has 2 aromatic carbocycles. The van der Waals surface area contributed by atoms with E-state index in [1.54, 1.807) is 36.1 Å². The van der Waals surface area contributed by atoms with Crippen molar-refractivity contribution in [2.45, 2.75) is 25.8 Å². The maximum atomic E-state index is 13.2. The lowest BCUT2D eigenvalue weighted by Crippen LogP contribution is -2.50. The largest absolute Gasteiger partial charge is 0.310 e. The Morgan fingerprint density at radius 2 is 1.92 bits per heavy atom. The van der Waals surface area contributed by atoms with Crippen LogP contribution in [0.15, 0.2) is 48.5 Å². The maximum absolute atomic E-state index is 13.2. The summed E-state index contributed by atoms with van der Waals surface area (Å²) in [5, 5.41) is 0.416. The topological polar surface area (TPSA) is 57.7 Å². The monoisotopic (exact) mass is 392 g/mol. The fourth-order valence-electron chi connectivity index (χ4n) is 3.40. The molecule has 0 fully saturated rings. The average molecular weight is 393 g/mol. The van der Waals surface area contributed by atoms with E-state index in [0.29, 0.717) is 17.3 Å². The molecule has 1 amide bonds. The number of amides is 1. The molecule has 7 heteroatoms. The summed E-state index contributed by atoms with van der Waals surface area (Å²) < 4.78 is 26.0. The van der Waals surface area contributed by atoms with E-state index in [4.69, 9.17) is 11.6 Å². The van der Waals surface area contributed by atoms with Gasteiger partial charge in [0.05, 0.1) is 11.9 Å². The van der Waals surface area contributed by atoms with E-state index >= 15 is 0 Å². The molecule has 0 spiro atoms. The smallest absolute Gasteiger partial charge is 0.250 e. The molecule has 0 aromatic heterocycles. The van der Waals surface area contributed by atoms with Crippen LogP contribution in [0.25, 0.3) is 0 Å². The van der Waals surface area contributed by atoms with Gasteiger partial charge in [0.25, 0.3) is 5.91 Å². The van der Waals surface area contributed by atoms with E-state index in [-0.39, 0.29) is 5.91 Å². The first-order valence-electron chi connectivity index (χ1n) is 8.43. The molecule has 0 radical (unpaired) electrons. The zero-order chi connectivity index (χ0) is 18.9. The van der Waals surface area contributed by atoms with E-state index in [9.17, 15) is 13.2 Å². The molecular weight excluding hydrogens is 372 g/mol. The van der Waals surface area contributed by atoms with Crippen molar-refractivity contribution < 1.29 is 13.2 Å². The molecule has 1 heterocycles. The predicted molar refractivity (Wildman–Crippen MR) is 105 cm³/mol. The van der Waals surface area contributed by atoms with Crippen LogP contribution in [-0.4, -0.2) is 33.2 Å². The first-order valence-corrected chi connectivity index (χ1v) is 10.7. The Morgan fingerprint density at radius 3 is 2.62 bits per heavy atom. The Morgan fingerprint density at radius 1 is 1.19 bits per heavy atom. The second kappa shape index (κ2) is 7.29. The van der Waals surface area contributed by atoms with Crippen LogP contribution in [0.2, 0.25) is 5.02 Å². The minimum Gasteiger partial charge on any atom is -0.310 e. The van der Waals surface area contributed by atoms with Gasteiger partial charge in [-0.1, -0.05) is 35.9 Å². The highest BCUT2D eigenvalue weighted by atomic mass is 35.5. The van der Waals surface area contributed by atoms with Gasteiger partial charge in [-0.25, -0.2) is 8.42 Å². The first kappa shape index (κ1) is 18.7. The van der Waals surface area contributed by atoms with Crippen LogP contribution in [0.3, 0.4) is 0 Å². The number of rotatable bonds is 4. The Labute approximate surface area is 159 Å². The summed E-state index contributed by atoms with van der Waals surface area (Å²) in [4.78, 5) is 14.9. The quantitative estimate of drug-likeness (QED) is 0.800. The number of carbonyl (C=O) groups is 1. The van der Waals surface area contributed by atoms with Crippen molar-refractivity contribution in [2.24, 2.45) is 0 Å². The van der Waals surface area contributed by atoms with Gasteiger partial charge in [0, 0.05) is 17.3 Å². The molecule has 26 heavy (non-hydrogen) atoms. The molecule has 0 saturated heterocycles. The number of carbonyl (C=O) groups excluding carboxylic acids is 1. The van der Waals surface area contributed by atoms with Gasteiger partial charge >= 0.3 is 0 Å². The van der Waals surface area contributed by atoms with Gasteiger partial charge in [-0.3, -0.25) is 9.10 Å². The zero-order valence-electron chi connectivity index (χ0n) is 14.7.